The van der Waals surface area contributed by atoms with Crippen LogP contribution in [-0.2, 0) is 6.42 Å². The molecule has 2 fully saturated rings. The summed E-state index contributed by atoms with van der Waals surface area (Å²) in [7, 11) is 0. The molecule has 0 saturated heterocycles. The van der Waals surface area contributed by atoms with Gasteiger partial charge in [-0.05, 0) is 67.6 Å². The minimum atomic E-state index is -0.506. The summed E-state index contributed by atoms with van der Waals surface area (Å²) in [6, 6.07) is 2.90. The van der Waals surface area contributed by atoms with Crippen molar-refractivity contribution in [2.24, 2.45) is 23.7 Å². The number of rotatable bonds is 7. The molecule has 0 radical (unpaired) electrons. The van der Waals surface area contributed by atoms with Gasteiger partial charge in [0.2, 0.25) is 0 Å². The van der Waals surface area contributed by atoms with E-state index in [9.17, 15) is 8.78 Å². The maximum absolute atomic E-state index is 14.3. The smallest absolute Gasteiger partial charge is 0.142 e. The summed E-state index contributed by atoms with van der Waals surface area (Å²) in [5.74, 6) is 8.08. The van der Waals surface area contributed by atoms with Crippen LogP contribution in [0.3, 0.4) is 0 Å². The highest BCUT2D eigenvalue weighted by Crippen LogP contribution is 2.37. The lowest BCUT2D eigenvalue weighted by Gasteiger charge is -2.31. The van der Waals surface area contributed by atoms with Gasteiger partial charge in [0.1, 0.15) is 11.6 Å². The topological polar surface area (TPSA) is 0 Å². The molecule has 0 spiro atoms. The van der Waals surface area contributed by atoms with Gasteiger partial charge in [-0.15, -0.1) is 0 Å². The van der Waals surface area contributed by atoms with Gasteiger partial charge in [-0.3, -0.25) is 0 Å². The molecule has 0 N–H and O–H groups in total. The van der Waals surface area contributed by atoms with E-state index in [0.717, 1.165) is 42.6 Å². The standard InChI is InChI=1S/C28H40F2/c1-3-5-21-7-9-22(10-8-21)11-12-23-13-15-24(16-14-23)17-18-26-27(29)19-25(6-4-2)20-28(26)30/h19-24H,3-16H2,1-2H3/t21-,22-,23-,24-. The minimum Gasteiger partial charge on any atom is -0.206 e. The molecule has 0 nitrogen and oxygen atoms in total. The third-order valence-electron chi connectivity index (χ3n) is 7.54. The Labute approximate surface area is 183 Å². The van der Waals surface area contributed by atoms with E-state index in [1.807, 2.05) is 6.92 Å². The second-order valence-corrected chi connectivity index (χ2v) is 9.92. The van der Waals surface area contributed by atoms with Gasteiger partial charge < -0.3 is 0 Å². The van der Waals surface area contributed by atoms with E-state index in [1.165, 1.54) is 76.3 Å². The van der Waals surface area contributed by atoms with Crippen LogP contribution in [0.1, 0.15) is 108 Å². The fraction of sp³-hybridized carbons (Fsp3) is 0.714. The Balaban J connectivity index is 1.41. The molecule has 0 unspecified atom stereocenters. The lowest BCUT2D eigenvalue weighted by Crippen LogP contribution is -2.17. The lowest BCUT2D eigenvalue weighted by atomic mass is 9.75. The van der Waals surface area contributed by atoms with Crippen LogP contribution < -0.4 is 0 Å². The van der Waals surface area contributed by atoms with Gasteiger partial charge in [0.15, 0.2) is 0 Å². The van der Waals surface area contributed by atoms with E-state index in [1.54, 1.807) is 0 Å². The Morgan fingerprint density at radius 3 is 1.73 bits per heavy atom. The Bertz CT molecular complexity index is 687. The average Bonchev–Trinajstić information content (AvgIpc) is 2.74. The van der Waals surface area contributed by atoms with Gasteiger partial charge in [-0.25, -0.2) is 8.78 Å². The van der Waals surface area contributed by atoms with Crippen LogP contribution in [0.4, 0.5) is 8.78 Å². The molecule has 1 aromatic carbocycles. The van der Waals surface area contributed by atoms with Crippen LogP contribution in [-0.4, -0.2) is 0 Å². The van der Waals surface area contributed by atoms with Crippen molar-refractivity contribution in [1.82, 2.24) is 0 Å². The summed E-state index contributed by atoms with van der Waals surface area (Å²) in [5, 5.41) is 0. The molecule has 2 aliphatic carbocycles. The van der Waals surface area contributed by atoms with Crippen LogP contribution in [0.15, 0.2) is 12.1 Å². The van der Waals surface area contributed by atoms with E-state index >= 15 is 0 Å². The summed E-state index contributed by atoms with van der Waals surface area (Å²) in [6.07, 6.45) is 17.5. The van der Waals surface area contributed by atoms with Crippen molar-refractivity contribution >= 4 is 0 Å². The highest BCUT2D eigenvalue weighted by Gasteiger charge is 2.24. The van der Waals surface area contributed by atoms with Crippen molar-refractivity contribution in [3.63, 3.8) is 0 Å². The highest BCUT2D eigenvalue weighted by atomic mass is 19.1. The third-order valence-corrected chi connectivity index (χ3v) is 7.54. The van der Waals surface area contributed by atoms with E-state index in [2.05, 4.69) is 18.8 Å². The third kappa shape index (κ3) is 6.83. The molecular weight excluding hydrogens is 374 g/mol. The second kappa shape index (κ2) is 11.9. The van der Waals surface area contributed by atoms with Gasteiger partial charge in [-0.1, -0.05) is 83.5 Å². The Morgan fingerprint density at radius 1 is 0.733 bits per heavy atom. The largest absolute Gasteiger partial charge is 0.206 e. The van der Waals surface area contributed by atoms with E-state index < -0.39 is 11.6 Å². The van der Waals surface area contributed by atoms with Crippen molar-refractivity contribution < 1.29 is 8.78 Å². The van der Waals surface area contributed by atoms with Crippen LogP contribution in [0.5, 0.6) is 0 Å². The number of benzene rings is 1. The zero-order valence-electron chi connectivity index (χ0n) is 19.1. The van der Waals surface area contributed by atoms with Gasteiger partial charge in [0, 0.05) is 5.92 Å². The summed E-state index contributed by atoms with van der Waals surface area (Å²) in [4.78, 5) is 0. The molecule has 2 heteroatoms. The van der Waals surface area contributed by atoms with E-state index in [-0.39, 0.29) is 5.56 Å². The van der Waals surface area contributed by atoms with Crippen LogP contribution in [0, 0.1) is 47.1 Å². The molecular formula is C28H40F2. The molecule has 0 amide bonds. The van der Waals surface area contributed by atoms with Crippen molar-refractivity contribution in [3.8, 4) is 11.8 Å². The first-order valence-electron chi connectivity index (χ1n) is 12.6. The fourth-order valence-electron chi connectivity index (χ4n) is 5.64. The van der Waals surface area contributed by atoms with Crippen molar-refractivity contribution in [2.45, 2.75) is 104 Å². The molecule has 0 aromatic heterocycles. The maximum atomic E-state index is 14.3. The summed E-state index contributed by atoms with van der Waals surface area (Å²) in [5.41, 5.74) is 0.674. The van der Waals surface area contributed by atoms with E-state index in [4.69, 9.17) is 0 Å². The molecule has 3 rings (SSSR count). The monoisotopic (exact) mass is 414 g/mol. The van der Waals surface area contributed by atoms with Gasteiger partial charge >= 0.3 is 0 Å². The molecule has 2 aliphatic rings. The van der Waals surface area contributed by atoms with Crippen LogP contribution in [0.2, 0.25) is 0 Å². The van der Waals surface area contributed by atoms with Crippen molar-refractivity contribution in [3.05, 3.63) is 34.9 Å². The van der Waals surface area contributed by atoms with Gasteiger partial charge in [0.25, 0.3) is 0 Å². The van der Waals surface area contributed by atoms with Crippen LogP contribution in [0.25, 0.3) is 0 Å². The predicted molar refractivity (Wildman–Crippen MR) is 122 cm³/mol. The summed E-state index contributed by atoms with van der Waals surface area (Å²) >= 11 is 0. The lowest BCUT2D eigenvalue weighted by molar-refractivity contribution is 0.222. The van der Waals surface area contributed by atoms with Crippen molar-refractivity contribution in [1.29, 1.82) is 0 Å². The molecule has 0 atom stereocenters. The number of hydrogen-bond donors (Lipinski definition) is 0. The zero-order chi connectivity index (χ0) is 21.3. The predicted octanol–water partition coefficient (Wildman–Crippen LogP) is 8.46. The van der Waals surface area contributed by atoms with Crippen molar-refractivity contribution in [2.75, 3.05) is 0 Å². The fourth-order valence-corrected chi connectivity index (χ4v) is 5.64. The van der Waals surface area contributed by atoms with E-state index in [0.29, 0.717) is 12.3 Å². The first-order chi connectivity index (χ1) is 14.6. The normalized spacial score (nSPS) is 26.8. The first kappa shape index (κ1) is 23.3. The molecule has 30 heavy (non-hydrogen) atoms. The quantitative estimate of drug-likeness (QED) is 0.393. The Kier molecular flexibility index (Phi) is 9.23. The molecule has 0 bridgehead atoms. The number of halogens is 2. The maximum Gasteiger partial charge on any atom is 0.142 e. The first-order valence-corrected chi connectivity index (χ1v) is 12.6. The second-order valence-electron chi connectivity index (χ2n) is 9.92. The SMILES string of the molecule is CCCc1cc(F)c(C#C[C@H]2CC[C@H](CC[C@H]3CC[C@H](CCC)CC3)CC2)c(F)c1. The highest BCUT2D eigenvalue weighted by molar-refractivity contribution is 5.39. The average molecular weight is 415 g/mol. The molecule has 1 aromatic rings. The summed E-state index contributed by atoms with van der Waals surface area (Å²) in [6.45, 7) is 4.32. The molecule has 2 saturated carbocycles. The Morgan fingerprint density at radius 2 is 1.23 bits per heavy atom. The minimum absolute atomic E-state index is 0.0457. The van der Waals surface area contributed by atoms with Gasteiger partial charge in [-0.2, -0.15) is 0 Å². The molecule has 0 heterocycles. The molecule has 0 aliphatic heterocycles. The Hall–Kier alpha value is -1.36. The number of aryl methyl sites for hydroxylation is 1. The van der Waals surface area contributed by atoms with Crippen LogP contribution >= 0.6 is 0 Å². The summed E-state index contributed by atoms with van der Waals surface area (Å²) < 4.78 is 28.5. The van der Waals surface area contributed by atoms with Gasteiger partial charge in [0.05, 0.1) is 5.56 Å². The number of hydrogen-bond acceptors (Lipinski definition) is 0. The zero-order valence-corrected chi connectivity index (χ0v) is 19.1. The molecule has 166 valence electrons.